The summed E-state index contributed by atoms with van der Waals surface area (Å²) in [5.74, 6) is 0.689. The predicted octanol–water partition coefficient (Wildman–Crippen LogP) is 3.57. The summed E-state index contributed by atoms with van der Waals surface area (Å²) < 4.78 is 15.7. The number of benzene rings is 1. The lowest BCUT2D eigenvalue weighted by molar-refractivity contribution is 0.557. The van der Waals surface area contributed by atoms with Crippen LogP contribution in [0.1, 0.15) is 11.1 Å². The Labute approximate surface area is 153 Å². The third kappa shape index (κ3) is 2.76. The molecule has 2 aromatic rings. The van der Waals surface area contributed by atoms with Crippen molar-refractivity contribution in [2.45, 2.75) is 13.5 Å². The van der Waals surface area contributed by atoms with Gasteiger partial charge in [-0.1, -0.05) is 35.9 Å². The standard InChI is InChI=1S/C18H14ClFN6/c1-10-4-2-3-5-11(10)17-24-14-16(21)23-9-26(18(14)25-17)8-12-13(19)6-7-22-15(12)20/h2-7,9H,8,21H2,1H3. The maximum absolute atomic E-state index is 14.0. The Kier molecular flexibility index (Phi) is 4.00. The Balaban J connectivity index is 1.85. The molecule has 0 saturated carbocycles. The molecule has 0 aliphatic carbocycles. The van der Waals surface area contributed by atoms with Crippen molar-refractivity contribution < 1.29 is 4.39 Å². The van der Waals surface area contributed by atoms with Crippen LogP contribution in [0.4, 0.5) is 10.2 Å². The fraction of sp³-hybridized carbons (Fsp3) is 0.111. The molecule has 0 spiro atoms. The van der Waals surface area contributed by atoms with Gasteiger partial charge in [-0.2, -0.15) is 4.39 Å². The van der Waals surface area contributed by atoms with E-state index in [1.54, 1.807) is 4.57 Å². The Hall–Kier alpha value is -3.06. The van der Waals surface area contributed by atoms with Gasteiger partial charge in [0.15, 0.2) is 23.2 Å². The molecular formula is C18H14ClFN6. The van der Waals surface area contributed by atoms with Crippen LogP contribution in [0.5, 0.6) is 0 Å². The van der Waals surface area contributed by atoms with Crippen molar-refractivity contribution in [2.24, 2.45) is 0 Å². The largest absolute Gasteiger partial charge is 0.382 e. The molecule has 0 bridgehead atoms. The summed E-state index contributed by atoms with van der Waals surface area (Å²) in [6.45, 7) is 2.10. The number of hydrogen-bond acceptors (Lipinski definition) is 5. The zero-order valence-corrected chi connectivity index (χ0v) is 14.6. The highest BCUT2D eigenvalue weighted by Gasteiger charge is 2.21. The first-order chi connectivity index (χ1) is 12.5. The fourth-order valence-electron chi connectivity index (χ4n) is 2.77. The number of aromatic nitrogens is 5. The molecule has 0 saturated heterocycles. The van der Waals surface area contributed by atoms with E-state index in [1.807, 2.05) is 31.2 Å². The number of pyridine rings is 1. The monoisotopic (exact) mass is 368 g/mol. The van der Waals surface area contributed by atoms with Gasteiger partial charge in [0, 0.05) is 17.3 Å². The number of hydrogen-bond donors (Lipinski definition) is 1. The number of rotatable bonds is 3. The van der Waals surface area contributed by atoms with Gasteiger partial charge in [-0.3, -0.25) is 0 Å². The van der Waals surface area contributed by atoms with E-state index in [2.05, 4.69) is 19.9 Å². The molecule has 6 nitrogen and oxygen atoms in total. The minimum absolute atomic E-state index is 0.119. The first-order valence-corrected chi connectivity index (χ1v) is 8.25. The average molecular weight is 369 g/mol. The second kappa shape index (κ2) is 6.34. The first-order valence-electron chi connectivity index (χ1n) is 7.88. The Morgan fingerprint density at radius 1 is 1.15 bits per heavy atom. The van der Waals surface area contributed by atoms with Gasteiger partial charge >= 0.3 is 0 Å². The summed E-state index contributed by atoms with van der Waals surface area (Å²) in [6, 6.07) is 9.33. The number of halogens is 2. The Morgan fingerprint density at radius 3 is 2.73 bits per heavy atom. The van der Waals surface area contributed by atoms with Crippen molar-refractivity contribution >= 4 is 17.4 Å². The Morgan fingerprint density at radius 2 is 1.96 bits per heavy atom. The lowest BCUT2D eigenvalue weighted by atomic mass is 10.1. The van der Waals surface area contributed by atoms with Crippen LogP contribution in [0.15, 0.2) is 42.9 Å². The number of nitrogens with zero attached hydrogens (tertiary/aromatic N) is 5. The summed E-state index contributed by atoms with van der Waals surface area (Å²) in [4.78, 5) is 16.9. The Bertz CT molecular complexity index is 1060. The van der Waals surface area contributed by atoms with Gasteiger partial charge in [0.25, 0.3) is 0 Å². The van der Waals surface area contributed by atoms with Gasteiger partial charge < -0.3 is 10.3 Å². The van der Waals surface area contributed by atoms with Crippen LogP contribution in [-0.2, 0) is 6.54 Å². The number of anilines is 1. The van der Waals surface area contributed by atoms with Crippen molar-refractivity contribution in [1.29, 1.82) is 0 Å². The second-order valence-electron chi connectivity index (χ2n) is 5.85. The number of nitrogens with two attached hydrogens (primary N) is 1. The summed E-state index contributed by atoms with van der Waals surface area (Å²) >= 11 is 6.11. The van der Waals surface area contributed by atoms with Crippen molar-refractivity contribution in [3.8, 4) is 22.9 Å². The number of nitrogen functional groups attached to an aromatic ring is 1. The summed E-state index contributed by atoms with van der Waals surface area (Å²) in [6.07, 6.45) is 2.82. The van der Waals surface area contributed by atoms with Crippen molar-refractivity contribution in [3.63, 3.8) is 0 Å². The topological polar surface area (TPSA) is 82.5 Å². The van der Waals surface area contributed by atoms with Gasteiger partial charge in [-0.25, -0.2) is 19.9 Å². The molecule has 1 aromatic carbocycles. The third-order valence-corrected chi connectivity index (χ3v) is 4.51. The van der Waals surface area contributed by atoms with Crippen LogP contribution < -0.4 is 5.73 Å². The molecule has 0 radical (unpaired) electrons. The zero-order valence-electron chi connectivity index (χ0n) is 13.8. The minimum Gasteiger partial charge on any atom is -0.382 e. The normalized spacial score (nSPS) is 11.2. The van der Waals surface area contributed by atoms with E-state index in [4.69, 9.17) is 17.3 Å². The third-order valence-electron chi connectivity index (χ3n) is 4.15. The van der Waals surface area contributed by atoms with Crippen LogP contribution in [0.3, 0.4) is 0 Å². The molecule has 0 fully saturated rings. The lowest BCUT2D eigenvalue weighted by Crippen LogP contribution is -2.11. The lowest BCUT2D eigenvalue weighted by Gasteiger charge is -2.12. The van der Waals surface area contributed by atoms with E-state index >= 15 is 0 Å². The maximum atomic E-state index is 14.0. The van der Waals surface area contributed by atoms with Crippen LogP contribution in [0.25, 0.3) is 22.9 Å². The average Bonchev–Trinajstić information content (AvgIpc) is 3.07. The molecule has 130 valence electrons. The van der Waals surface area contributed by atoms with Crippen LogP contribution in [0, 0.1) is 12.9 Å². The van der Waals surface area contributed by atoms with E-state index in [-0.39, 0.29) is 22.9 Å². The molecule has 26 heavy (non-hydrogen) atoms. The number of fused-ring (bicyclic) bond motifs is 1. The SMILES string of the molecule is Cc1ccccc1-c1nc2c(N)ncn(Cc3c(Cl)ccnc3F)c-2n1. The van der Waals surface area contributed by atoms with Crippen molar-refractivity contribution in [3.05, 3.63) is 65.0 Å². The van der Waals surface area contributed by atoms with E-state index < -0.39 is 5.95 Å². The minimum atomic E-state index is -0.631. The van der Waals surface area contributed by atoms with Gasteiger partial charge in [-0.15, -0.1) is 0 Å². The second-order valence-corrected chi connectivity index (χ2v) is 6.26. The smallest absolute Gasteiger partial charge is 0.219 e. The van der Waals surface area contributed by atoms with Gasteiger partial charge in [0.05, 0.1) is 17.9 Å². The summed E-state index contributed by atoms with van der Waals surface area (Å²) in [5, 5.41) is 0.286. The molecule has 2 aliphatic heterocycles. The maximum Gasteiger partial charge on any atom is 0.219 e. The molecule has 0 atom stereocenters. The molecule has 8 heteroatoms. The highest BCUT2D eigenvalue weighted by molar-refractivity contribution is 6.31. The molecule has 0 amide bonds. The fourth-order valence-corrected chi connectivity index (χ4v) is 2.96. The van der Waals surface area contributed by atoms with E-state index in [0.29, 0.717) is 17.3 Å². The molecule has 4 rings (SSSR count). The molecule has 0 unspecified atom stereocenters. The van der Waals surface area contributed by atoms with Crippen LogP contribution in [0.2, 0.25) is 5.02 Å². The molecule has 2 aliphatic rings. The highest BCUT2D eigenvalue weighted by atomic mass is 35.5. The first kappa shape index (κ1) is 16.4. The molecule has 1 aromatic heterocycles. The molecule has 3 heterocycles. The highest BCUT2D eigenvalue weighted by Crippen LogP contribution is 2.30. The quantitative estimate of drug-likeness (QED) is 0.559. The van der Waals surface area contributed by atoms with E-state index in [1.165, 1.54) is 18.6 Å². The van der Waals surface area contributed by atoms with Gasteiger partial charge in [0.2, 0.25) is 5.95 Å². The van der Waals surface area contributed by atoms with Crippen LogP contribution >= 0.6 is 11.6 Å². The molecule has 2 N–H and O–H groups in total. The zero-order chi connectivity index (χ0) is 18.3. The summed E-state index contributed by atoms with van der Waals surface area (Å²) in [7, 11) is 0. The number of imidazole rings is 1. The van der Waals surface area contributed by atoms with Gasteiger partial charge in [0.1, 0.15) is 0 Å². The van der Waals surface area contributed by atoms with Gasteiger partial charge in [-0.05, 0) is 18.6 Å². The summed E-state index contributed by atoms with van der Waals surface area (Å²) in [5.41, 5.74) is 8.64. The van der Waals surface area contributed by atoms with E-state index in [9.17, 15) is 4.39 Å². The van der Waals surface area contributed by atoms with Crippen molar-refractivity contribution in [1.82, 2.24) is 24.5 Å². The predicted molar refractivity (Wildman–Crippen MR) is 97.3 cm³/mol. The molecular weight excluding hydrogens is 355 g/mol. The van der Waals surface area contributed by atoms with E-state index in [0.717, 1.165) is 11.1 Å². The van der Waals surface area contributed by atoms with Crippen molar-refractivity contribution in [2.75, 3.05) is 5.73 Å². The van der Waals surface area contributed by atoms with Crippen LogP contribution in [-0.4, -0.2) is 24.5 Å². The number of aryl methyl sites for hydroxylation is 1.